The lowest BCUT2D eigenvalue weighted by atomic mass is 10.5. The predicted octanol–water partition coefficient (Wildman–Crippen LogP) is 0.220. The Bertz CT molecular complexity index is 76.5. The van der Waals surface area contributed by atoms with Crippen molar-refractivity contribution in [2.75, 3.05) is 33.3 Å². The van der Waals surface area contributed by atoms with Crippen LogP contribution >= 0.6 is 0 Å². The zero-order valence-corrected chi connectivity index (χ0v) is 7.81. The van der Waals surface area contributed by atoms with Gasteiger partial charge in [-0.15, -0.1) is 0 Å². The van der Waals surface area contributed by atoms with E-state index in [-0.39, 0.29) is 0 Å². The van der Waals surface area contributed by atoms with E-state index in [2.05, 4.69) is 10.6 Å². The summed E-state index contributed by atoms with van der Waals surface area (Å²) in [6, 6.07) is 0. The Hall–Kier alpha value is -0.120. The molecule has 0 amide bonds. The number of hydrogen-bond acceptors (Lipinski definition) is 3. The Balaban J connectivity index is 2.80. The highest BCUT2D eigenvalue weighted by molar-refractivity contribution is 4.48. The lowest BCUT2D eigenvalue weighted by Crippen LogP contribution is -2.28. The van der Waals surface area contributed by atoms with E-state index in [9.17, 15) is 0 Å². The van der Waals surface area contributed by atoms with Crippen molar-refractivity contribution in [3.63, 3.8) is 0 Å². The number of hydrogen-bond donors (Lipinski definition) is 2. The third kappa shape index (κ3) is 9.88. The molecule has 0 aromatic carbocycles. The minimum Gasteiger partial charge on any atom is -0.377 e. The minimum absolute atomic E-state index is 0.348. The Morgan fingerprint density at radius 3 is 2.45 bits per heavy atom. The second-order valence-corrected chi connectivity index (χ2v) is 2.77. The van der Waals surface area contributed by atoms with Gasteiger partial charge in [-0.3, -0.25) is 0 Å². The van der Waals surface area contributed by atoms with Crippen molar-refractivity contribution in [2.45, 2.75) is 20.0 Å². The van der Waals surface area contributed by atoms with Gasteiger partial charge in [0.25, 0.3) is 0 Å². The molecule has 0 aliphatic heterocycles. The molecule has 0 unspecified atom stereocenters. The van der Waals surface area contributed by atoms with Crippen LogP contribution in [0.5, 0.6) is 0 Å². The van der Waals surface area contributed by atoms with Crippen molar-refractivity contribution < 1.29 is 4.74 Å². The Morgan fingerprint density at radius 2 is 1.91 bits per heavy atom. The van der Waals surface area contributed by atoms with Crippen molar-refractivity contribution in [1.29, 1.82) is 0 Å². The van der Waals surface area contributed by atoms with E-state index < -0.39 is 0 Å². The van der Waals surface area contributed by atoms with E-state index in [0.717, 1.165) is 26.2 Å². The van der Waals surface area contributed by atoms with Crippen LogP contribution in [0, 0.1) is 0 Å². The van der Waals surface area contributed by atoms with Crippen LogP contribution in [-0.2, 0) is 4.74 Å². The summed E-state index contributed by atoms with van der Waals surface area (Å²) in [5, 5.41) is 6.32. The number of ether oxygens (including phenoxy) is 1. The number of likely N-dealkylation sites (N-methyl/N-ethyl adjacent to an activating group) is 1. The molecule has 0 saturated heterocycles. The van der Waals surface area contributed by atoms with Gasteiger partial charge in [-0.25, -0.2) is 0 Å². The summed E-state index contributed by atoms with van der Waals surface area (Å²) in [5.41, 5.74) is 0. The molecule has 0 heterocycles. The molecular formula is C8H20N2O. The van der Waals surface area contributed by atoms with Gasteiger partial charge in [0.15, 0.2) is 0 Å². The fourth-order valence-electron chi connectivity index (χ4n) is 0.705. The second-order valence-electron chi connectivity index (χ2n) is 2.77. The van der Waals surface area contributed by atoms with E-state index in [1.54, 1.807) is 0 Å². The zero-order chi connectivity index (χ0) is 8.53. The molecule has 0 aromatic heterocycles. The van der Waals surface area contributed by atoms with Crippen LogP contribution in [0.1, 0.15) is 13.8 Å². The molecule has 0 radical (unpaired) electrons. The van der Waals surface area contributed by atoms with Crippen molar-refractivity contribution in [1.82, 2.24) is 10.6 Å². The van der Waals surface area contributed by atoms with Crippen LogP contribution in [0.15, 0.2) is 0 Å². The standard InChI is InChI=1S/C8H20N2O/c1-8(2)11-7-6-10-5-4-9-3/h8-10H,4-7H2,1-3H3. The fourth-order valence-corrected chi connectivity index (χ4v) is 0.705. The van der Waals surface area contributed by atoms with Gasteiger partial charge in [0.05, 0.1) is 12.7 Å². The maximum atomic E-state index is 5.34. The first-order chi connectivity index (χ1) is 5.27. The van der Waals surface area contributed by atoms with Gasteiger partial charge in [-0.2, -0.15) is 0 Å². The molecule has 68 valence electrons. The minimum atomic E-state index is 0.348. The zero-order valence-electron chi connectivity index (χ0n) is 7.81. The van der Waals surface area contributed by atoms with E-state index >= 15 is 0 Å². The molecule has 0 spiro atoms. The highest BCUT2D eigenvalue weighted by atomic mass is 16.5. The third-order valence-electron chi connectivity index (χ3n) is 1.28. The third-order valence-corrected chi connectivity index (χ3v) is 1.28. The van der Waals surface area contributed by atoms with E-state index in [1.165, 1.54) is 0 Å². The highest BCUT2D eigenvalue weighted by Gasteiger charge is 1.91. The van der Waals surface area contributed by atoms with Crippen LogP contribution < -0.4 is 10.6 Å². The molecule has 0 atom stereocenters. The first-order valence-corrected chi connectivity index (χ1v) is 4.24. The van der Waals surface area contributed by atoms with Crippen molar-refractivity contribution in [2.24, 2.45) is 0 Å². The van der Waals surface area contributed by atoms with Crippen LogP contribution in [0.2, 0.25) is 0 Å². The van der Waals surface area contributed by atoms with Gasteiger partial charge in [0.1, 0.15) is 0 Å². The van der Waals surface area contributed by atoms with Crippen LogP contribution in [-0.4, -0.2) is 39.4 Å². The smallest absolute Gasteiger partial charge is 0.0594 e. The molecule has 3 nitrogen and oxygen atoms in total. The lowest BCUT2D eigenvalue weighted by Gasteiger charge is -2.07. The van der Waals surface area contributed by atoms with Gasteiger partial charge >= 0.3 is 0 Å². The molecule has 0 rings (SSSR count). The van der Waals surface area contributed by atoms with Gasteiger partial charge in [0.2, 0.25) is 0 Å². The first kappa shape index (κ1) is 10.9. The maximum Gasteiger partial charge on any atom is 0.0594 e. The molecule has 11 heavy (non-hydrogen) atoms. The van der Waals surface area contributed by atoms with E-state index in [0.29, 0.717) is 6.10 Å². The Kier molecular flexibility index (Phi) is 7.89. The van der Waals surface area contributed by atoms with Gasteiger partial charge < -0.3 is 15.4 Å². The van der Waals surface area contributed by atoms with Crippen molar-refractivity contribution in [3.8, 4) is 0 Å². The van der Waals surface area contributed by atoms with Crippen LogP contribution in [0.3, 0.4) is 0 Å². The van der Waals surface area contributed by atoms with Crippen molar-refractivity contribution in [3.05, 3.63) is 0 Å². The molecule has 3 heteroatoms. The SMILES string of the molecule is CNCCNCCOC(C)C. The molecule has 0 aliphatic rings. The summed E-state index contributed by atoms with van der Waals surface area (Å²) in [4.78, 5) is 0. The quantitative estimate of drug-likeness (QED) is 0.523. The average Bonchev–Trinajstić information content (AvgIpc) is 1.96. The average molecular weight is 160 g/mol. The lowest BCUT2D eigenvalue weighted by molar-refractivity contribution is 0.0810. The van der Waals surface area contributed by atoms with Crippen LogP contribution in [0.25, 0.3) is 0 Å². The highest BCUT2D eigenvalue weighted by Crippen LogP contribution is 1.84. The molecule has 2 N–H and O–H groups in total. The summed E-state index contributed by atoms with van der Waals surface area (Å²) in [5.74, 6) is 0. The largest absolute Gasteiger partial charge is 0.377 e. The van der Waals surface area contributed by atoms with E-state index in [1.807, 2.05) is 20.9 Å². The Labute approximate surface area is 69.5 Å². The summed E-state index contributed by atoms with van der Waals surface area (Å²) >= 11 is 0. The molecule has 0 aliphatic carbocycles. The molecule has 0 saturated carbocycles. The molecule has 0 bridgehead atoms. The summed E-state index contributed by atoms with van der Waals surface area (Å²) in [6.45, 7) is 7.88. The number of rotatable bonds is 7. The fraction of sp³-hybridized carbons (Fsp3) is 1.00. The molecular weight excluding hydrogens is 140 g/mol. The van der Waals surface area contributed by atoms with Crippen molar-refractivity contribution >= 4 is 0 Å². The topological polar surface area (TPSA) is 33.3 Å². The van der Waals surface area contributed by atoms with Gasteiger partial charge in [0, 0.05) is 19.6 Å². The van der Waals surface area contributed by atoms with Gasteiger partial charge in [-0.1, -0.05) is 0 Å². The van der Waals surface area contributed by atoms with E-state index in [4.69, 9.17) is 4.74 Å². The van der Waals surface area contributed by atoms with Gasteiger partial charge in [-0.05, 0) is 20.9 Å². The second kappa shape index (κ2) is 7.98. The monoisotopic (exact) mass is 160 g/mol. The molecule has 0 fully saturated rings. The normalized spacial score (nSPS) is 10.9. The summed E-state index contributed by atoms with van der Waals surface area (Å²) in [6.07, 6.45) is 0.348. The molecule has 0 aromatic rings. The maximum absolute atomic E-state index is 5.34. The Morgan fingerprint density at radius 1 is 1.18 bits per heavy atom. The number of nitrogens with one attached hydrogen (secondary N) is 2. The predicted molar refractivity (Wildman–Crippen MR) is 47.9 cm³/mol. The summed E-state index contributed by atoms with van der Waals surface area (Å²) in [7, 11) is 1.95. The first-order valence-electron chi connectivity index (χ1n) is 4.24. The summed E-state index contributed by atoms with van der Waals surface area (Å²) < 4.78 is 5.34. The van der Waals surface area contributed by atoms with Crippen LogP contribution in [0.4, 0.5) is 0 Å².